The molecular weight excluding hydrogens is 625 g/mol. The predicted octanol–water partition coefficient (Wildman–Crippen LogP) is 7.89. The molecule has 0 N–H and O–H groups in total. The molecule has 6 nitrogen and oxygen atoms in total. The SMILES string of the molecule is COc1ccc(C2CCN(CCC(CN(C)C(=O)c3cc(C#N)cc4ccccc34)c3ccc(Cl)c(Cl)c3)CC2)c([S@](C)=O)c1. The van der Waals surface area contributed by atoms with Gasteiger partial charge in [-0.15, -0.1) is 0 Å². The molecule has 4 aromatic rings. The lowest BCUT2D eigenvalue weighted by molar-refractivity contribution is 0.0783. The number of likely N-dealkylation sites (N-methyl/N-ethyl adjacent to an activating group) is 1. The number of benzene rings is 4. The van der Waals surface area contributed by atoms with Crippen LogP contribution in [0.15, 0.2) is 77.7 Å². The second-order valence-electron chi connectivity index (χ2n) is 11.7. The van der Waals surface area contributed by atoms with Gasteiger partial charge >= 0.3 is 0 Å². The van der Waals surface area contributed by atoms with Gasteiger partial charge in [0.1, 0.15) is 5.75 Å². The summed E-state index contributed by atoms with van der Waals surface area (Å²) in [6.07, 6.45) is 4.51. The van der Waals surface area contributed by atoms with Crippen LogP contribution in [-0.4, -0.2) is 66.5 Å². The predicted molar refractivity (Wildman–Crippen MR) is 183 cm³/mol. The van der Waals surface area contributed by atoms with Crippen molar-refractivity contribution in [1.82, 2.24) is 9.80 Å². The van der Waals surface area contributed by atoms with Crippen LogP contribution in [0.1, 0.15) is 58.1 Å². The van der Waals surface area contributed by atoms with Gasteiger partial charge in [0, 0.05) is 36.2 Å². The van der Waals surface area contributed by atoms with E-state index in [-0.39, 0.29) is 11.8 Å². The normalized spacial score (nSPS) is 15.4. The number of nitriles is 1. The first-order valence-electron chi connectivity index (χ1n) is 15.1. The van der Waals surface area contributed by atoms with E-state index < -0.39 is 10.8 Å². The van der Waals surface area contributed by atoms with Gasteiger partial charge in [0.2, 0.25) is 0 Å². The van der Waals surface area contributed by atoms with Crippen molar-refractivity contribution in [2.24, 2.45) is 0 Å². The number of methoxy groups -OCH3 is 1. The van der Waals surface area contributed by atoms with Gasteiger partial charge in [0.15, 0.2) is 0 Å². The zero-order valence-corrected chi connectivity index (χ0v) is 28.1. The van der Waals surface area contributed by atoms with Crippen LogP contribution in [0.4, 0.5) is 0 Å². The minimum atomic E-state index is -1.09. The number of likely N-dealkylation sites (tertiary alicyclic amines) is 1. The number of hydrogen-bond acceptors (Lipinski definition) is 5. The Bertz CT molecular complexity index is 1760. The van der Waals surface area contributed by atoms with Crippen LogP contribution in [0.5, 0.6) is 5.75 Å². The summed E-state index contributed by atoms with van der Waals surface area (Å²) < 4.78 is 17.9. The maximum atomic E-state index is 13.8. The third-order valence-corrected chi connectivity index (χ3v) is 10.5. The first kappa shape index (κ1) is 33.0. The Morgan fingerprint density at radius 3 is 2.51 bits per heavy atom. The van der Waals surface area contributed by atoms with Crippen LogP contribution in [-0.2, 0) is 10.8 Å². The molecular formula is C36H37Cl2N3O3S. The third kappa shape index (κ3) is 7.70. The Balaban J connectivity index is 1.30. The van der Waals surface area contributed by atoms with E-state index in [0.717, 1.165) is 71.4 Å². The van der Waals surface area contributed by atoms with E-state index in [0.29, 0.717) is 33.6 Å². The summed E-state index contributed by atoms with van der Waals surface area (Å²) in [5, 5.41) is 12.3. The minimum Gasteiger partial charge on any atom is -0.497 e. The number of rotatable bonds is 10. The molecule has 9 heteroatoms. The van der Waals surface area contributed by atoms with Crippen LogP contribution >= 0.6 is 23.2 Å². The van der Waals surface area contributed by atoms with Crippen LogP contribution in [0, 0.1) is 11.3 Å². The lowest BCUT2D eigenvalue weighted by Crippen LogP contribution is -2.36. The maximum Gasteiger partial charge on any atom is 0.254 e. The van der Waals surface area contributed by atoms with E-state index in [1.807, 2.05) is 67.7 Å². The summed E-state index contributed by atoms with van der Waals surface area (Å²) >= 11 is 12.7. The molecule has 5 rings (SSSR count). The Kier molecular flexibility index (Phi) is 10.8. The topological polar surface area (TPSA) is 73.6 Å². The minimum absolute atomic E-state index is 0.0209. The fourth-order valence-corrected chi connectivity index (χ4v) is 7.49. The largest absolute Gasteiger partial charge is 0.497 e. The molecule has 4 aromatic carbocycles. The molecule has 0 bridgehead atoms. The number of piperidine rings is 1. The Morgan fingerprint density at radius 2 is 1.82 bits per heavy atom. The molecule has 45 heavy (non-hydrogen) atoms. The van der Waals surface area contributed by atoms with Crippen molar-refractivity contribution in [3.8, 4) is 11.8 Å². The number of ether oxygens (including phenoxy) is 1. The van der Waals surface area contributed by atoms with Crippen molar-refractivity contribution in [1.29, 1.82) is 5.26 Å². The number of carbonyl (C=O) groups excluding carboxylic acids is 1. The van der Waals surface area contributed by atoms with Gasteiger partial charge < -0.3 is 14.5 Å². The molecule has 0 saturated carbocycles. The van der Waals surface area contributed by atoms with Crippen LogP contribution in [0.2, 0.25) is 10.0 Å². The monoisotopic (exact) mass is 661 g/mol. The summed E-state index contributed by atoms with van der Waals surface area (Å²) in [4.78, 5) is 18.9. The van der Waals surface area contributed by atoms with Gasteiger partial charge in [-0.1, -0.05) is 59.6 Å². The molecule has 1 unspecified atom stereocenters. The van der Waals surface area contributed by atoms with Crippen molar-refractivity contribution in [2.45, 2.75) is 36.0 Å². The van der Waals surface area contributed by atoms with E-state index in [4.69, 9.17) is 27.9 Å². The maximum absolute atomic E-state index is 13.8. The van der Waals surface area contributed by atoms with E-state index in [1.165, 1.54) is 0 Å². The van der Waals surface area contributed by atoms with Crippen LogP contribution in [0.3, 0.4) is 0 Å². The smallest absolute Gasteiger partial charge is 0.254 e. The molecule has 1 heterocycles. The van der Waals surface area contributed by atoms with Gasteiger partial charge in [-0.05, 0) is 103 Å². The molecule has 234 valence electrons. The quantitative estimate of drug-likeness (QED) is 0.173. The highest BCUT2D eigenvalue weighted by molar-refractivity contribution is 7.84. The molecule has 1 amide bonds. The highest BCUT2D eigenvalue weighted by Crippen LogP contribution is 2.35. The fourth-order valence-electron chi connectivity index (χ4n) is 6.33. The Morgan fingerprint density at radius 1 is 1.07 bits per heavy atom. The molecule has 1 fully saturated rings. The van der Waals surface area contributed by atoms with Gasteiger partial charge in [-0.3, -0.25) is 9.00 Å². The van der Waals surface area contributed by atoms with Crippen LogP contribution < -0.4 is 4.74 Å². The molecule has 0 spiro atoms. The number of halogens is 2. The molecule has 2 atom stereocenters. The van der Waals surface area contributed by atoms with Crippen molar-refractivity contribution in [3.05, 3.63) is 105 Å². The first-order valence-corrected chi connectivity index (χ1v) is 17.4. The fraction of sp³-hybridized carbons (Fsp3) is 0.333. The molecule has 1 saturated heterocycles. The van der Waals surface area contributed by atoms with Gasteiger partial charge in [0.05, 0.1) is 39.6 Å². The van der Waals surface area contributed by atoms with Crippen molar-refractivity contribution >= 4 is 50.7 Å². The number of fused-ring (bicyclic) bond motifs is 1. The highest BCUT2D eigenvalue weighted by atomic mass is 35.5. The Hall–Kier alpha value is -3.41. The zero-order chi connectivity index (χ0) is 32.1. The van der Waals surface area contributed by atoms with E-state index in [2.05, 4.69) is 17.0 Å². The molecule has 0 radical (unpaired) electrons. The second kappa shape index (κ2) is 14.8. The lowest BCUT2D eigenvalue weighted by atomic mass is 9.88. The standard InChI is InChI=1S/C36H37Cl2N3O3S/c1-40(36(42)32-19-24(22-39)18-27-6-4-5-7-30(27)32)23-28(26-8-11-33(37)34(38)20-26)14-17-41-15-12-25(13-16-41)31-10-9-29(44-2)21-35(31)45(3)43/h4-11,18-21,25,28H,12-17,23H2,1-3H3/t28?,45-/m0/s1. The molecule has 0 aromatic heterocycles. The summed E-state index contributed by atoms with van der Waals surface area (Å²) in [6, 6.07) is 25.0. The summed E-state index contributed by atoms with van der Waals surface area (Å²) in [6.45, 7) is 3.21. The summed E-state index contributed by atoms with van der Waals surface area (Å²) in [5.41, 5.74) is 3.16. The molecule has 1 aliphatic rings. The van der Waals surface area contributed by atoms with Crippen molar-refractivity contribution < 1.29 is 13.7 Å². The number of hydrogen-bond donors (Lipinski definition) is 0. The zero-order valence-electron chi connectivity index (χ0n) is 25.8. The Labute approximate surface area is 277 Å². The molecule has 0 aliphatic carbocycles. The second-order valence-corrected chi connectivity index (χ2v) is 13.8. The van der Waals surface area contributed by atoms with Crippen molar-refractivity contribution in [3.63, 3.8) is 0 Å². The van der Waals surface area contributed by atoms with Gasteiger partial charge in [-0.25, -0.2) is 0 Å². The highest BCUT2D eigenvalue weighted by Gasteiger charge is 2.26. The lowest BCUT2D eigenvalue weighted by Gasteiger charge is -2.34. The summed E-state index contributed by atoms with van der Waals surface area (Å²) in [5.74, 6) is 0.967. The van der Waals surface area contributed by atoms with E-state index in [1.54, 1.807) is 24.3 Å². The molecule has 1 aliphatic heterocycles. The van der Waals surface area contributed by atoms with Gasteiger partial charge in [-0.2, -0.15) is 5.26 Å². The average molecular weight is 663 g/mol. The average Bonchev–Trinajstić information content (AvgIpc) is 3.06. The number of carbonyl (C=O) groups is 1. The van der Waals surface area contributed by atoms with Gasteiger partial charge in [0.25, 0.3) is 5.91 Å². The van der Waals surface area contributed by atoms with E-state index in [9.17, 15) is 14.3 Å². The van der Waals surface area contributed by atoms with Crippen molar-refractivity contribution in [2.75, 3.05) is 46.6 Å². The first-order chi connectivity index (χ1) is 21.7. The van der Waals surface area contributed by atoms with E-state index >= 15 is 0 Å². The third-order valence-electron chi connectivity index (χ3n) is 8.83. The van der Waals surface area contributed by atoms with Crippen LogP contribution in [0.25, 0.3) is 10.8 Å². The summed E-state index contributed by atoms with van der Waals surface area (Å²) in [7, 11) is 2.35. The number of nitrogens with zero attached hydrogens (tertiary/aromatic N) is 3. The number of amides is 1.